The zero-order valence-electron chi connectivity index (χ0n) is 24.5. The van der Waals surface area contributed by atoms with Crippen molar-refractivity contribution in [2.45, 2.75) is 142 Å². The smallest absolute Gasteiger partial charge is 0.162 e. The molecule has 0 spiro atoms. The SMILES string of the molecule is CCC=CC1CCC(C2CCC(C3=CCC(c4ccc(CCCCCCCC)c(F)c4F)CC3)CC2)CC1. The van der Waals surface area contributed by atoms with Gasteiger partial charge in [-0.1, -0.05) is 81.9 Å². The number of benzene rings is 1. The fourth-order valence-corrected chi connectivity index (χ4v) is 7.82. The van der Waals surface area contributed by atoms with E-state index in [1.54, 1.807) is 5.57 Å². The van der Waals surface area contributed by atoms with Gasteiger partial charge >= 0.3 is 0 Å². The fourth-order valence-electron chi connectivity index (χ4n) is 7.82. The molecular weight excluding hydrogens is 470 g/mol. The summed E-state index contributed by atoms with van der Waals surface area (Å²) >= 11 is 0. The van der Waals surface area contributed by atoms with E-state index in [9.17, 15) is 4.39 Å². The number of unbranched alkanes of at least 4 members (excludes halogenated alkanes) is 5. The van der Waals surface area contributed by atoms with E-state index in [1.165, 1.54) is 77.0 Å². The van der Waals surface area contributed by atoms with Crippen LogP contribution in [0.15, 0.2) is 35.9 Å². The van der Waals surface area contributed by atoms with Gasteiger partial charge in [-0.3, -0.25) is 0 Å². The van der Waals surface area contributed by atoms with E-state index in [0.29, 0.717) is 17.5 Å². The van der Waals surface area contributed by atoms with Crippen molar-refractivity contribution in [2.24, 2.45) is 23.7 Å². The van der Waals surface area contributed by atoms with Crippen LogP contribution >= 0.6 is 0 Å². The minimum absolute atomic E-state index is 0.129. The second kappa shape index (κ2) is 15.4. The first kappa shape index (κ1) is 29.5. The van der Waals surface area contributed by atoms with Crippen LogP contribution in [-0.2, 0) is 6.42 Å². The van der Waals surface area contributed by atoms with E-state index in [0.717, 1.165) is 62.2 Å². The van der Waals surface area contributed by atoms with E-state index in [-0.39, 0.29) is 5.92 Å². The molecule has 2 saturated carbocycles. The van der Waals surface area contributed by atoms with E-state index in [2.05, 4.69) is 32.1 Å². The van der Waals surface area contributed by atoms with Gasteiger partial charge in [0.2, 0.25) is 0 Å². The molecule has 212 valence electrons. The normalized spacial score (nSPS) is 28.5. The Bertz CT molecular complexity index is 896. The Kier molecular flexibility index (Phi) is 12.0. The molecule has 38 heavy (non-hydrogen) atoms. The Morgan fingerprint density at radius 3 is 2.08 bits per heavy atom. The number of hydrogen-bond donors (Lipinski definition) is 0. The Hall–Kier alpha value is -1.44. The minimum Gasteiger partial charge on any atom is -0.203 e. The minimum atomic E-state index is -0.584. The highest BCUT2D eigenvalue weighted by atomic mass is 19.2. The summed E-state index contributed by atoms with van der Waals surface area (Å²) in [6.45, 7) is 4.45. The second-order valence-corrected chi connectivity index (χ2v) is 12.8. The Morgan fingerprint density at radius 2 is 1.42 bits per heavy atom. The van der Waals surface area contributed by atoms with Crippen molar-refractivity contribution >= 4 is 0 Å². The molecule has 0 aliphatic heterocycles. The average Bonchev–Trinajstić information content (AvgIpc) is 2.96. The molecule has 0 bridgehead atoms. The maximum absolute atomic E-state index is 15.1. The van der Waals surface area contributed by atoms with Gasteiger partial charge in [-0.15, -0.1) is 0 Å². The maximum atomic E-state index is 15.1. The lowest BCUT2D eigenvalue weighted by Gasteiger charge is -2.38. The van der Waals surface area contributed by atoms with E-state index >= 15 is 4.39 Å². The largest absolute Gasteiger partial charge is 0.203 e. The second-order valence-electron chi connectivity index (χ2n) is 12.8. The number of rotatable bonds is 12. The van der Waals surface area contributed by atoms with Gasteiger partial charge in [0.15, 0.2) is 11.6 Å². The summed E-state index contributed by atoms with van der Waals surface area (Å²) in [4.78, 5) is 0. The van der Waals surface area contributed by atoms with E-state index < -0.39 is 11.6 Å². The van der Waals surface area contributed by atoms with Gasteiger partial charge in [-0.05, 0) is 131 Å². The summed E-state index contributed by atoms with van der Waals surface area (Å²) in [5, 5.41) is 0. The first-order chi connectivity index (χ1) is 18.6. The summed E-state index contributed by atoms with van der Waals surface area (Å²) in [6.07, 6.45) is 30.1. The predicted molar refractivity (Wildman–Crippen MR) is 158 cm³/mol. The molecule has 3 aliphatic rings. The molecular formula is C36H54F2. The van der Waals surface area contributed by atoms with Crippen LogP contribution in [0.2, 0.25) is 0 Å². The molecule has 2 heteroatoms. The highest BCUT2D eigenvalue weighted by Crippen LogP contribution is 2.45. The third-order valence-electron chi connectivity index (χ3n) is 10.3. The van der Waals surface area contributed by atoms with E-state index in [1.807, 2.05) is 12.1 Å². The van der Waals surface area contributed by atoms with Crippen LogP contribution in [0, 0.1) is 35.3 Å². The number of hydrogen-bond acceptors (Lipinski definition) is 0. The van der Waals surface area contributed by atoms with Crippen LogP contribution in [0.1, 0.15) is 146 Å². The van der Waals surface area contributed by atoms with Crippen molar-refractivity contribution in [3.05, 3.63) is 58.7 Å². The molecule has 4 rings (SSSR count). The third-order valence-corrected chi connectivity index (χ3v) is 10.3. The zero-order valence-corrected chi connectivity index (χ0v) is 24.5. The van der Waals surface area contributed by atoms with Crippen molar-refractivity contribution in [3.8, 4) is 0 Å². The molecule has 2 fully saturated rings. The van der Waals surface area contributed by atoms with Crippen LogP contribution in [0.4, 0.5) is 8.78 Å². The average molecular weight is 525 g/mol. The Labute approximate surface area is 232 Å². The summed E-state index contributed by atoms with van der Waals surface area (Å²) in [6, 6.07) is 3.76. The quantitative estimate of drug-likeness (QED) is 0.188. The molecule has 0 nitrogen and oxygen atoms in total. The highest BCUT2D eigenvalue weighted by molar-refractivity contribution is 5.31. The first-order valence-electron chi connectivity index (χ1n) is 16.4. The highest BCUT2D eigenvalue weighted by Gasteiger charge is 2.32. The summed E-state index contributed by atoms with van der Waals surface area (Å²) in [5.41, 5.74) is 2.79. The molecule has 0 heterocycles. The van der Waals surface area contributed by atoms with Crippen molar-refractivity contribution in [1.29, 1.82) is 0 Å². The van der Waals surface area contributed by atoms with Gasteiger partial charge in [0.25, 0.3) is 0 Å². The van der Waals surface area contributed by atoms with Gasteiger partial charge in [-0.25, -0.2) is 8.78 Å². The molecule has 1 aromatic rings. The summed E-state index contributed by atoms with van der Waals surface area (Å²) in [7, 11) is 0. The van der Waals surface area contributed by atoms with Crippen molar-refractivity contribution in [3.63, 3.8) is 0 Å². The molecule has 0 N–H and O–H groups in total. The lowest BCUT2D eigenvalue weighted by Crippen LogP contribution is -2.26. The number of halogens is 2. The standard InChI is InChI=1S/C36H54F2/c1-3-5-7-8-9-10-12-33-25-26-34(36(38)35(33)37)32-23-21-31(22-24-32)30-19-17-29(18-20-30)28-15-13-27(14-16-28)11-6-4-2/h6,11,21,25-30,32H,3-5,7-10,12-20,22-24H2,1-2H3. The molecule has 3 aliphatic carbocycles. The topological polar surface area (TPSA) is 0 Å². The van der Waals surface area contributed by atoms with Gasteiger partial charge in [0.1, 0.15) is 0 Å². The molecule has 0 amide bonds. The molecule has 1 atom stereocenters. The maximum Gasteiger partial charge on any atom is 0.162 e. The van der Waals surface area contributed by atoms with Gasteiger partial charge < -0.3 is 0 Å². The van der Waals surface area contributed by atoms with Crippen LogP contribution in [-0.4, -0.2) is 0 Å². The number of allylic oxidation sites excluding steroid dienone is 4. The fraction of sp³-hybridized carbons (Fsp3) is 0.722. The molecule has 0 aromatic heterocycles. The molecule has 0 radical (unpaired) electrons. The monoisotopic (exact) mass is 524 g/mol. The molecule has 0 saturated heterocycles. The van der Waals surface area contributed by atoms with Crippen molar-refractivity contribution < 1.29 is 8.78 Å². The van der Waals surface area contributed by atoms with Crippen LogP contribution < -0.4 is 0 Å². The molecule has 1 aromatic carbocycles. The van der Waals surface area contributed by atoms with Crippen LogP contribution in [0.25, 0.3) is 0 Å². The van der Waals surface area contributed by atoms with E-state index in [4.69, 9.17) is 0 Å². The third kappa shape index (κ3) is 8.04. The molecule has 1 unspecified atom stereocenters. The van der Waals surface area contributed by atoms with Crippen LogP contribution in [0.5, 0.6) is 0 Å². The lowest BCUT2D eigenvalue weighted by molar-refractivity contribution is 0.162. The van der Waals surface area contributed by atoms with Crippen molar-refractivity contribution in [1.82, 2.24) is 0 Å². The zero-order chi connectivity index (χ0) is 26.7. The van der Waals surface area contributed by atoms with Crippen LogP contribution in [0.3, 0.4) is 0 Å². The Balaban J connectivity index is 1.22. The van der Waals surface area contributed by atoms with Gasteiger partial charge in [0.05, 0.1) is 0 Å². The Morgan fingerprint density at radius 1 is 0.737 bits per heavy atom. The summed E-state index contributed by atoms with van der Waals surface area (Å²) < 4.78 is 30.0. The van der Waals surface area contributed by atoms with Gasteiger partial charge in [0, 0.05) is 0 Å². The van der Waals surface area contributed by atoms with Gasteiger partial charge in [-0.2, -0.15) is 0 Å². The number of aryl methyl sites for hydroxylation is 1. The summed E-state index contributed by atoms with van der Waals surface area (Å²) in [5.74, 6) is 2.43. The van der Waals surface area contributed by atoms with Crippen molar-refractivity contribution in [2.75, 3.05) is 0 Å². The predicted octanol–water partition coefficient (Wildman–Crippen LogP) is 11.6. The first-order valence-corrected chi connectivity index (χ1v) is 16.4. The lowest BCUT2D eigenvalue weighted by atomic mass is 9.67.